The second-order valence-electron chi connectivity index (χ2n) is 5.71. The van der Waals surface area contributed by atoms with Gasteiger partial charge in [-0.25, -0.2) is 0 Å². The topological polar surface area (TPSA) is 52.7 Å². The number of nitrogens with zero attached hydrogens (tertiary/aromatic N) is 2. The minimum Gasteiger partial charge on any atom is -0.316 e. The largest absolute Gasteiger partial charge is 0.316 e. The third kappa shape index (κ3) is 4.50. The molecule has 1 rings (SSSR count). The van der Waals surface area contributed by atoms with E-state index in [0.717, 1.165) is 25.9 Å². The van der Waals surface area contributed by atoms with E-state index in [9.17, 15) is 8.42 Å². The van der Waals surface area contributed by atoms with Crippen molar-refractivity contribution < 1.29 is 8.42 Å². The molecular formula is C12H27N3O2S. The minimum atomic E-state index is -3.24. The maximum Gasteiger partial charge on any atom is 0.281 e. The van der Waals surface area contributed by atoms with E-state index in [1.807, 2.05) is 0 Å². The zero-order valence-corrected chi connectivity index (χ0v) is 12.8. The summed E-state index contributed by atoms with van der Waals surface area (Å²) in [6, 6.07) is 0. The molecule has 5 nitrogen and oxygen atoms in total. The van der Waals surface area contributed by atoms with Crippen LogP contribution in [0.15, 0.2) is 0 Å². The third-order valence-corrected chi connectivity index (χ3v) is 5.16. The Hall–Kier alpha value is -0.170. The summed E-state index contributed by atoms with van der Waals surface area (Å²) < 4.78 is 27.0. The summed E-state index contributed by atoms with van der Waals surface area (Å²) in [7, 11) is -0.0489. The Bertz CT molecular complexity index is 341. The molecule has 0 aromatic carbocycles. The van der Waals surface area contributed by atoms with Gasteiger partial charge in [0.15, 0.2) is 0 Å². The van der Waals surface area contributed by atoms with Gasteiger partial charge >= 0.3 is 0 Å². The Kier molecular flexibility index (Phi) is 6.04. The second kappa shape index (κ2) is 6.84. The van der Waals surface area contributed by atoms with Gasteiger partial charge in [-0.1, -0.05) is 13.8 Å². The zero-order valence-electron chi connectivity index (χ0n) is 12.0. The Balaban J connectivity index is 2.46. The highest BCUT2D eigenvalue weighted by Gasteiger charge is 2.29. The van der Waals surface area contributed by atoms with Crippen LogP contribution in [0.1, 0.15) is 26.7 Å². The molecule has 18 heavy (non-hydrogen) atoms. The fourth-order valence-corrected chi connectivity index (χ4v) is 3.43. The van der Waals surface area contributed by atoms with E-state index in [-0.39, 0.29) is 0 Å². The molecule has 1 heterocycles. The Morgan fingerprint density at radius 1 is 1.39 bits per heavy atom. The van der Waals surface area contributed by atoms with Gasteiger partial charge < -0.3 is 5.32 Å². The molecule has 1 unspecified atom stereocenters. The van der Waals surface area contributed by atoms with Crippen molar-refractivity contribution in [1.82, 2.24) is 13.9 Å². The molecule has 1 N–H and O–H groups in total. The van der Waals surface area contributed by atoms with Gasteiger partial charge in [-0.3, -0.25) is 0 Å². The normalized spacial score (nSPS) is 22.9. The number of piperidine rings is 1. The fraction of sp³-hybridized carbons (Fsp3) is 1.00. The molecule has 0 aliphatic carbocycles. The lowest BCUT2D eigenvalue weighted by Gasteiger charge is -2.33. The maximum atomic E-state index is 12.0. The van der Waals surface area contributed by atoms with Crippen molar-refractivity contribution in [1.29, 1.82) is 0 Å². The molecular weight excluding hydrogens is 250 g/mol. The first-order chi connectivity index (χ1) is 8.34. The smallest absolute Gasteiger partial charge is 0.281 e. The SMILES string of the molecule is CC(C)CNCC1CCCN(S(=O)(=O)N(C)C)C1. The summed E-state index contributed by atoms with van der Waals surface area (Å²) >= 11 is 0. The molecule has 6 heteroatoms. The molecule has 0 radical (unpaired) electrons. The van der Waals surface area contributed by atoms with E-state index in [1.54, 1.807) is 18.4 Å². The number of rotatable bonds is 6. The summed E-state index contributed by atoms with van der Waals surface area (Å²) in [5, 5.41) is 3.42. The lowest BCUT2D eigenvalue weighted by Crippen LogP contribution is -2.47. The molecule has 1 aliphatic rings. The first-order valence-electron chi connectivity index (χ1n) is 6.72. The van der Waals surface area contributed by atoms with E-state index in [1.165, 1.54) is 4.31 Å². The summed E-state index contributed by atoms with van der Waals surface area (Å²) in [6.45, 7) is 7.56. The van der Waals surface area contributed by atoms with Crippen molar-refractivity contribution in [3.8, 4) is 0 Å². The van der Waals surface area contributed by atoms with Gasteiger partial charge in [-0.05, 0) is 37.8 Å². The fourth-order valence-electron chi connectivity index (χ4n) is 2.21. The monoisotopic (exact) mass is 277 g/mol. The van der Waals surface area contributed by atoms with Gasteiger partial charge in [0.1, 0.15) is 0 Å². The zero-order chi connectivity index (χ0) is 13.8. The van der Waals surface area contributed by atoms with E-state index in [0.29, 0.717) is 24.9 Å². The molecule has 1 fully saturated rings. The van der Waals surface area contributed by atoms with Gasteiger partial charge in [0.2, 0.25) is 0 Å². The van der Waals surface area contributed by atoms with Gasteiger partial charge in [0.05, 0.1) is 0 Å². The minimum absolute atomic E-state index is 0.437. The van der Waals surface area contributed by atoms with Crippen LogP contribution in [0.25, 0.3) is 0 Å². The molecule has 0 saturated carbocycles. The lowest BCUT2D eigenvalue weighted by atomic mass is 9.99. The van der Waals surface area contributed by atoms with Crippen LogP contribution in [0, 0.1) is 11.8 Å². The first kappa shape index (κ1) is 15.9. The van der Waals surface area contributed by atoms with E-state index < -0.39 is 10.2 Å². The van der Waals surface area contributed by atoms with Crippen LogP contribution in [-0.2, 0) is 10.2 Å². The van der Waals surface area contributed by atoms with E-state index in [4.69, 9.17) is 0 Å². The van der Waals surface area contributed by atoms with Crippen LogP contribution in [0.4, 0.5) is 0 Å². The van der Waals surface area contributed by atoms with Crippen LogP contribution in [0.3, 0.4) is 0 Å². The third-order valence-electron chi connectivity index (χ3n) is 3.26. The summed E-state index contributed by atoms with van der Waals surface area (Å²) in [4.78, 5) is 0. The quantitative estimate of drug-likeness (QED) is 0.779. The number of hydrogen-bond donors (Lipinski definition) is 1. The lowest BCUT2D eigenvalue weighted by molar-refractivity contribution is 0.248. The molecule has 0 spiro atoms. The number of hydrogen-bond acceptors (Lipinski definition) is 3. The molecule has 108 valence electrons. The average molecular weight is 277 g/mol. The predicted octanol–water partition coefficient (Wildman–Crippen LogP) is 0.750. The highest BCUT2D eigenvalue weighted by atomic mass is 32.2. The van der Waals surface area contributed by atoms with Crippen molar-refractivity contribution in [2.45, 2.75) is 26.7 Å². The standard InChI is InChI=1S/C12H27N3O2S/c1-11(2)8-13-9-12-6-5-7-15(10-12)18(16,17)14(3)4/h11-13H,5-10H2,1-4H3. The van der Waals surface area contributed by atoms with Crippen LogP contribution >= 0.6 is 0 Å². The van der Waals surface area contributed by atoms with E-state index in [2.05, 4.69) is 19.2 Å². The van der Waals surface area contributed by atoms with Gasteiger partial charge in [0, 0.05) is 27.2 Å². The molecule has 0 bridgehead atoms. The second-order valence-corrected chi connectivity index (χ2v) is 7.85. The van der Waals surface area contributed by atoms with Crippen molar-refractivity contribution in [3.63, 3.8) is 0 Å². The molecule has 1 atom stereocenters. The molecule has 0 aromatic heterocycles. The maximum absolute atomic E-state index is 12.0. The van der Waals surface area contributed by atoms with E-state index >= 15 is 0 Å². The Morgan fingerprint density at radius 3 is 2.61 bits per heavy atom. The molecule has 0 amide bonds. The summed E-state index contributed by atoms with van der Waals surface area (Å²) in [5.74, 6) is 1.07. The predicted molar refractivity (Wildman–Crippen MR) is 74.6 cm³/mol. The van der Waals surface area contributed by atoms with Crippen LogP contribution < -0.4 is 5.32 Å². The van der Waals surface area contributed by atoms with Crippen molar-refractivity contribution in [2.75, 3.05) is 40.3 Å². The summed E-state index contributed by atoms with van der Waals surface area (Å²) in [6.07, 6.45) is 2.08. The van der Waals surface area contributed by atoms with Crippen molar-refractivity contribution >= 4 is 10.2 Å². The Morgan fingerprint density at radius 2 is 2.06 bits per heavy atom. The molecule has 1 saturated heterocycles. The average Bonchev–Trinajstić information content (AvgIpc) is 2.28. The van der Waals surface area contributed by atoms with Crippen molar-refractivity contribution in [2.24, 2.45) is 11.8 Å². The molecule has 1 aliphatic heterocycles. The van der Waals surface area contributed by atoms with Crippen molar-refractivity contribution in [3.05, 3.63) is 0 Å². The van der Waals surface area contributed by atoms with Gasteiger partial charge in [-0.2, -0.15) is 17.0 Å². The highest BCUT2D eigenvalue weighted by Crippen LogP contribution is 2.19. The Labute approximate surface area is 112 Å². The van der Waals surface area contributed by atoms with Crippen LogP contribution in [0.5, 0.6) is 0 Å². The van der Waals surface area contributed by atoms with Crippen LogP contribution in [0.2, 0.25) is 0 Å². The summed E-state index contributed by atoms with van der Waals surface area (Å²) in [5.41, 5.74) is 0. The number of nitrogens with one attached hydrogen (secondary N) is 1. The van der Waals surface area contributed by atoms with Crippen LogP contribution in [-0.4, -0.2) is 57.3 Å². The molecule has 0 aromatic rings. The van der Waals surface area contributed by atoms with Gasteiger partial charge in [-0.15, -0.1) is 0 Å². The first-order valence-corrected chi connectivity index (χ1v) is 8.12. The van der Waals surface area contributed by atoms with Gasteiger partial charge in [0.25, 0.3) is 10.2 Å². The highest BCUT2D eigenvalue weighted by molar-refractivity contribution is 7.86.